The lowest BCUT2D eigenvalue weighted by Gasteiger charge is -2.06. The highest BCUT2D eigenvalue weighted by Gasteiger charge is 2.17. The minimum absolute atomic E-state index is 0.283. The number of anilines is 2. The molecule has 0 aliphatic carbocycles. The molecule has 0 saturated carbocycles. The summed E-state index contributed by atoms with van der Waals surface area (Å²) in [5, 5.41) is 12.7. The zero-order chi connectivity index (χ0) is 14.9. The number of hydrogen-bond donors (Lipinski definition) is 2. The Labute approximate surface area is 125 Å². The standard InChI is InChI=1S/C14H12ClN3OS/c1-7-8(2)20-14(11(7)6-16)18-13(19)10-4-3-9(17)5-12(10)15/h3-5H,17H2,1-2H3,(H,18,19). The second-order valence-corrected chi connectivity index (χ2v) is 5.92. The van der Waals surface area contributed by atoms with Crippen LogP contribution in [0.4, 0.5) is 10.7 Å². The van der Waals surface area contributed by atoms with E-state index in [1.54, 1.807) is 12.1 Å². The van der Waals surface area contributed by atoms with E-state index in [-0.39, 0.29) is 10.9 Å². The van der Waals surface area contributed by atoms with Gasteiger partial charge in [0.05, 0.1) is 16.1 Å². The average Bonchev–Trinajstić information content (AvgIpc) is 2.64. The molecule has 0 aliphatic heterocycles. The number of aryl methyl sites for hydroxylation is 1. The fourth-order valence-corrected chi connectivity index (χ4v) is 3.02. The van der Waals surface area contributed by atoms with E-state index in [1.165, 1.54) is 17.4 Å². The van der Waals surface area contributed by atoms with E-state index in [9.17, 15) is 4.79 Å². The van der Waals surface area contributed by atoms with Gasteiger partial charge in [0.2, 0.25) is 0 Å². The molecule has 0 atom stereocenters. The fraction of sp³-hybridized carbons (Fsp3) is 0.143. The number of nitrogens with zero attached hydrogens (tertiary/aromatic N) is 1. The van der Waals surface area contributed by atoms with Crippen molar-refractivity contribution in [2.75, 3.05) is 11.1 Å². The van der Waals surface area contributed by atoms with Crippen LogP contribution in [0.5, 0.6) is 0 Å². The molecule has 0 bridgehead atoms. The molecule has 3 N–H and O–H groups in total. The summed E-state index contributed by atoms with van der Waals surface area (Å²) in [7, 11) is 0. The quantitative estimate of drug-likeness (QED) is 0.830. The van der Waals surface area contributed by atoms with Crippen molar-refractivity contribution >= 4 is 39.5 Å². The third-order valence-electron chi connectivity index (χ3n) is 2.96. The highest BCUT2D eigenvalue weighted by Crippen LogP contribution is 2.32. The topological polar surface area (TPSA) is 78.9 Å². The monoisotopic (exact) mass is 305 g/mol. The number of nitrogens with two attached hydrogens (primary N) is 1. The maximum atomic E-state index is 12.2. The van der Waals surface area contributed by atoms with Gasteiger partial charge in [-0.3, -0.25) is 4.79 Å². The van der Waals surface area contributed by atoms with Gasteiger partial charge in [-0.15, -0.1) is 11.3 Å². The minimum Gasteiger partial charge on any atom is -0.399 e. The summed E-state index contributed by atoms with van der Waals surface area (Å²) in [4.78, 5) is 13.2. The first-order valence-corrected chi connectivity index (χ1v) is 7.00. The fourth-order valence-electron chi connectivity index (χ4n) is 1.74. The van der Waals surface area contributed by atoms with E-state index in [1.807, 2.05) is 13.8 Å². The molecule has 0 aliphatic rings. The van der Waals surface area contributed by atoms with Gasteiger partial charge in [0, 0.05) is 10.6 Å². The van der Waals surface area contributed by atoms with Crippen LogP contribution in [0, 0.1) is 25.2 Å². The van der Waals surface area contributed by atoms with Crippen molar-refractivity contribution in [1.29, 1.82) is 5.26 Å². The van der Waals surface area contributed by atoms with Crippen LogP contribution in [0.15, 0.2) is 18.2 Å². The predicted molar refractivity (Wildman–Crippen MR) is 82.3 cm³/mol. The van der Waals surface area contributed by atoms with E-state index < -0.39 is 0 Å². The summed E-state index contributed by atoms with van der Waals surface area (Å²) in [6.07, 6.45) is 0. The van der Waals surface area contributed by atoms with Crippen molar-refractivity contribution in [1.82, 2.24) is 0 Å². The second kappa shape index (κ2) is 5.53. The van der Waals surface area contributed by atoms with Gasteiger partial charge < -0.3 is 11.1 Å². The van der Waals surface area contributed by atoms with E-state index in [4.69, 9.17) is 22.6 Å². The number of amides is 1. The van der Waals surface area contributed by atoms with E-state index >= 15 is 0 Å². The molecular weight excluding hydrogens is 294 g/mol. The van der Waals surface area contributed by atoms with Crippen molar-refractivity contribution in [2.45, 2.75) is 13.8 Å². The Morgan fingerprint density at radius 3 is 2.75 bits per heavy atom. The molecular formula is C14H12ClN3OS. The molecule has 0 fully saturated rings. The molecule has 2 aromatic rings. The lowest BCUT2D eigenvalue weighted by molar-refractivity contribution is 0.102. The molecule has 1 heterocycles. The Morgan fingerprint density at radius 2 is 2.15 bits per heavy atom. The van der Waals surface area contributed by atoms with E-state index in [0.717, 1.165) is 10.4 Å². The van der Waals surface area contributed by atoms with Crippen LogP contribution in [0.25, 0.3) is 0 Å². The normalized spacial score (nSPS) is 10.1. The van der Waals surface area contributed by atoms with Gasteiger partial charge in [-0.2, -0.15) is 5.26 Å². The number of nitriles is 1. The SMILES string of the molecule is Cc1sc(NC(=O)c2ccc(N)cc2Cl)c(C#N)c1C. The Kier molecular flexibility index (Phi) is 3.98. The lowest BCUT2D eigenvalue weighted by Crippen LogP contribution is -2.12. The molecule has 0 radical (unpaired) electrons. The maximum absolute atomic E-state index is 12.2. The molecule has 102 valence electrons. The largest absolute Gasteiger partial charge is 0.399 e. The highest BCUT2D eigenvalue weighted by atomic mass is 35.5. The number of rotatable bonds is 2. The third kappa shape index (κ3) is 2.62. The van der Waals surface area contributed by atoms with Crippen LogP contribution >= 0.6 is 22.9 Å². The van der Waals surface area contributed by atoms with Gasteiger partial charge in [0.15, 0.2) is 0 Å². The molecule has 1 aromatic heterocycles. The number of carbonyl (C=O) groups excluding carboxylic acids is 1. The minimum atomic E-state index is -0.354. The molecule has 4 nitrogen and oxygen atoms in total. The molecule has 1 amide bonds. The Balaban J connectivity index is 2.33. The van der Waals surface area contributed by atoms with Gasteiger partial charge in [0.1, 0.15) is 11.1 Å². The number of carbonyl (C=O) groups is 1. The predicted octanol–water partition coefficient (Wildman–Crippen LogP) is 3.72. The molecule has 0 unspecified atom stereocenters. The molecule has 6 heteroatoms. The Morgan fingerprint density at radius 1 is 1.45 bits per heavy atom. The zero-order valence-corrected chi connectivity index (χ0v) is 12.5. The number of hydrogen-bond acceptors (Lipinski definition) is 4. The van der Waals surface area contributed by atoms with Crippen molar-refractivity contribution in [3.8, 4) is 6.07 Å². The van der Waals surface area contributed by atoms with Crippen molar-refractivity contribution in [3.05, 3.63) is 44.8 Å². The average molecular weight is 306 g/mol. The number of nitrogens with one attached hydrogen (secondary N) is 1. The van der Waals surface area contributed by atoms with Gasteiger partial charge in [0.25, 0.3) is 5.91 Å². The van der Waals surface area contributed by atoms with Crippen LogP contribution < -0.4 is 11.1 Å². The number of halogens is 1. The molecule has 1 aromatic carbocycles. The number of thiophene rings is 1. The summed E-state index contributed by atoms with van der Waals surface area (Å²) in [6.45, 7) is 3.77. The Bertz CT molecular complexity index is 731. The maximum Gasteiger partial charge on any atom is 0.257 e. The Hall–Kier alpha value is -2.03. The molecule has 20 heavy (non-hydrogen) atoms. The first-order valence-electron chi connectivity index (χ1n) is 5.80. The molecule has 0 spiro atoms. The number of nitrogen functional groups attached to an aromatic ring is 1. The summed E-state index contributed by atoms with van der Waals surface area (Å²) in [5.74, 6) is -0.354. The first-order chi connectivity index (χ1) is 9.43. The van der Waals surface area contributed by atoms with Crippen LogP contribution in [-0.2, 0) is 0 Å². The lowest BCUT2D eigenvalue weighted by atomic mass is 10.1. The second-order valence-electron chi connectivity index (χ2n) is 4.29. The summed E-state index contributed by atoms with van der Waals surface area (Å²) in [5.41, 5.74) is 7.79. The smallest absolute Gasteiger partial charge is 0.257 e. The van der Waals surface area contributed by atoms with Gasteiger partial charge >= 0.3 is 0 Å². The zero-order valence-electron chi connectivity index (χ0n) is 11.0. The summed E-state index contributed by atoms with van der Waals surface area (Å²) < 4.78 is 0. The van der Waals surface area contributed by atoms with Crippen LogP contribution in [-0.4, -0.2) is 5.91 Å². The first kappa shape index (κ1) is 14.4. The molecule has 0 saturated heterocycles. The van der Waals surface area contributed by atoms with Crippen LogP contribution in [0.2, 0.25) is 5.02 Å². The van der Waals surface area contributed by atoms with Crippen molar-refractivity contribution in [3.63, 3.8) is 0 Å². The van der Waals surface area contributed by atoms with E-state index in [2.05, 4.69) is 11.4 Å². The third-order valence-corrected chi connectivity index (χ3v) is 4.40. The number of benzene rings is 1. The summed E-state index contributed by atoms with van der Waals surface area (Å²) >= 11 is 7.37. The van der Waals surface area contributed by atoms with Gasteiger partial charge in [-0.05, 0) is 37.6 Å². The van der Waals surface area contributed by atoms with Crippen LogP contribution in [0.1, 0.15) is 26.4 Å². The van der Waals surface area contributed by atoms with Crippen molar-refractivity contribution < 1.29 is 4.79 Å². The van der Waals surface area contributed by atoms with Crippen molar-refractivity contribution in [2.24, 2.45) is 0 Å². The summed E-state index contributed by atoms with van der Waals surface area (Å²) in [6, 6.07) is 6.80. The molecule has 2 rings (SSSR count). The van der Waals surface area contributed by atoms with Gasteiger partial charge in [-0.25, -0.2) is 0 Å². The van der Waals surface area contributed by atoms with Crippen LogP contribution in [0.3, 0.4) is 0 Å². The highest BCUT2D eigenvalue weighted by molar-refractivity contribution is 7.16. The van der Waals surface area contributed by atoms with Gasteiger partial charge in [-0.1, -0.05) is 11.6 Å². The van der Waals surface area contributed by atoms with E-state index in [0.29, 0.717) is 21.8 Å².